The molecule has 0 aromatic heterocycles. The van der Waals surface area contributed by atoms with Crippen molar-refractivity contribution in [2.24, 2.45) is 5.92 Å². The van der Waals surface area contributed by atoms with Crippen molar-refractivity contribution in [3.8, 4) is 11.5 Å². The molecule has 0 heterocycles. The number of hydrogen-bond donors (Lipinski definition) is 0. The zero-order valence-electron chi connectivity index (χ0n) is 16.1. The highest BCUT2D eigenvalue weighted by Crippen LogP contribution is 2.28. The summed E-state index contributed by atoms with van der Waals surface area (Å²) in [5.41, 5.74) is 1.43. The van der Waals surface area contributed by atoms with Crippen LogP contribution in [0.2, 0.25) is 0 Å². The zero-order valence-corrected chi connectivity index (χ0v) is 16.1. The molecule has 0 saturated carbocycles. The van der Waals surface area contributed by atoms with Crippen molar-refractivity contribution in [3.63, 3.8) is 0 Å². The largest absolute Gasteiger partial charge is 0.493 e. The van der Waals surface area contributed by atoms with Crippen molar-refractivity contribution in [2.75, 3.05) is 27.9 Å². The monoisotopic (exact) mass is 371 g/mol. The minimum absolute atomic E-state index is 0.199. The van der Waals surface area contributed by atoms with Crippen molar-refractivity contribution < 1.29 is 23.8 Å². The lowest BCUT2D eigenvalue weighted by Gasteiger charge is -2.25. The zero-order chi connectivity index (χ0) is 19.8. The van der Waals surface area contributed by atoms with Gasteiger partial charge in [-0.15, -0.1) is 0 Å². The van der Waals surface area contributed by atoms with Gasteiger partial charge in [0, 0.05) is 18.7 Å². The van der Waals surface area contributed by atoms with Crippen LogP contribution in [0.5, 0.6) is 11.5 Å². The van der Waals surface area contributed by atoms with Crippen LogP contribution in [0.4, 0.5) is 0 Å². The van der Waals surface area contributed by atoms with Crippen LogP contribution < -0.4 is 9.47 Å². The van der Waals surface area contributed by atoms with E-state index in [1.165, 1.54) is 14.2 Å². The van der Waals surface area contributed by atoms with Crippen molar-refractivity contribution >= 4 is 11.9 Å². The van der Waals surface area contributed by atoms with Gasteiger partial charge in [0.1, 0.15) is 0 Å². The molecule has 0 bridgehead atoms. The Morgan fingerprint density at radius 2 is 1.63 bits per heavy atom. The van der Waals surface area contributed by atoms with Crippen LogP contribution in [0.25, 0.3) is 0 Å². The molecule has 2 aromatic carbocycles. The quantitative estimate of drug-likeness (QED) is 0.667. The first kappa shape index (κ1) is 20.3. The Bertz CT molecular complexity index is 775. The predicted molar refractivity (Wildman–Crippen MR) is 102 cm³/mol. The molecule has 0 aliphatic heterocycles. The molecule has 1 unspecified atom stereocenters. The summed E-state index contributed by atoms with van der Waals surface area (Å²) in [4.78, 5) is 26.6. The third kappa shape index (κ3) is 5.23. The van der Waals surface area contributed by atoms with E-state index in [4.69, 9.17) is 14.2 Å². The number of amides is 1. The summed E-state index contributed by atoms with van der Waals surface area (Å²) in [5.74, 6) is 0.0298. The van der Waals surface area contributed by atoms with E-state index < -0.39 is 5.92 Å². The van der Waals surface area contributed by atoms with Gasteiger partial charge in [0.25, 0.3) is 5.91 Å². The number of carbonyl (C=O) groups is 2. The van der Waals surface area contributed by atoms with E-state index in [0.29, 0.717) is 23.6 Å². The van der Waals surface area contributed by atoms with Gasteiger partial charge in [-0.2, -0.15) is 0 Å². The number of ether oxygens (including phenoxy) is 3. The molecular formula is C21H25NO5. The molecule has 2 aromatic rings. The second-order valence-corrected chi connectivity index (χ2v) is 6.17. The Labute approximate surface area is 159 Å². The van der Waals surface area contributed by atoms with Gasteiger partial charge in [-0.05, 0) is 23.8 Å². The molecule has 1 amide bonds. The standard InChI is InChI=1S/C21H25NO5/c1-15(21(24)27-4)13-22(14-16-8-6-5-7-9-16)20(23)17-10-11-18(25-2)19(12-17)26-3/h5-12,15H,13-14H2,1-4H3. The second kappa shape index (κ2) is 9.62. The van der Waals surface area contributed by atoms with Crippen LogP contribution in [0.15, 0.2) is 48.5 Å². The summed E-state index contributed by atoms with van der Waals surface area (Å²) in [6.45, 7) is 2.37. The van der Waals surface area contributed by atoms with Crippen LogP contribution in [0, 0.1) is 5.92 Å². The number of hydrogen-bond acceptors (Lipinski definition) is 5. The smallest absolute Gasteiger partial charge is 0.310 e. The van der Waals surface area contributed by atoms with E-state index in [1.807, 2.05) is 30.3 Å². The highest BCUT2D eigenvalue weighted by atomic mass is 16.5. The van der Waals surface area contributed by atoms with E-state index in [0.717, 1.165) is 5.56 Å². The second-order valence-electron chi connectivity index (χ2n) is 6.17. The van der Waals surface area contributed by atoms with Crippen molar-refractivity contribution in [2.45, 2.75) is 13.5 Å². The maximum absolute atomic E-state index is 13.1. The average Bonchev–Trinajstić information content (AvgIpc) is 2.72. The van der Waals surface area contributed by atoms with Crippen LogP contribution in [0.3, 0.4) is 0 Å². The maximum Gasteiger partial charge on any atom is 0.310 e. The molecule has 2 rings (SSSR count). The predicted octanol–water partition coefficient (Wildman–Crippen LogP) is 3.16. The molecule has 27 heavy (non-hydrogen) atoms. The highest BCUT2D eigenvalue weighted by molar-refractivity contribution is 5.95. The average molecular weight is 371 g/mol. The van der Waals surface area contributed by atoms with Crippen molar-refractivity contribution in [3.05, 3.63) is 59.7 Å². The van der Waals surface area contributed by atoms with Crippen LogP contribution >= 0.6 is 0 Å². The van der Waals surface area contributed by atoms with E-state index in [1.54, 1.807) is 37.1 Å². The summed E-state index contributed by atoms with van der Waals surface area (Å²) in [5, 5.41) is 0. The lowest BCUT2D eigenvalue weighted by atomic mass is 10.1. The molecule has 6 heteroatoms. The molecule has 0 saturated heterocycles. The van der Waals surface area contributed by atoms with E-state index in [-0.39, 0.29) is 18.4 Å². The Morgan fingerprint density at radius 3 is 2.22 bits per heavy atom. The first-order valence-corrected chi connectivity index (χ1v) is 8.63. The Hall–Kier alpha value is -3.02. The van der Waals surface area contributed by atoms with Gasteiger partial charge < -0.3 is 19.1 Å². The molecule has 0 radical (unpaired) electrons. The molecule has 1 atom stereocenters. The van der Waals surface area contributed by atoms with Gasteiger partial charge in [0.2, 0.25) is 0 Å². The Morgan fingerprint density at radius 1 is 0.963 bits per heavy atom. The van der Waals surface area contributed by atoms with Gasteiger partial charge in [-0.25, -0.2) is 0 Å². The van der Waals surface area contributed by atoms with Gasteiger partial charge in [-0.1, -0.05) is 37.3 Å². The number of carbonyl (C=O) groups excluding carboxylic acids is 2. The van der Waals surface area contributed by atoms with Gasteiger partial charge >= 0.3 is 5.97 Å². The fourth-order valence-corrected chi connectivity index (χ4v) is 2.78. The molecule has 0 N–H and O–H groups in total. The SMILES string of the molecule is COC(=O)C(C)CN(Cc1ccccc1)C(=O)c1ccc(OC)c(OC)c1. The van der Waals surface area contributed by atoms with Crippen LogP contribution in [0.1, 0.15) is 22.8 Å². The van der Waals surface area contributed by atoms with Gasteiger partial charge in [-0.3, -0.25) is 9.59 Å². The molecule has 6 nitrogen and oxygen atoms in total. The summed E-state index contributed by atoms with van der Waals surface area (Å²) >= 11 is 0. The van der Waals surface area contributed by atoms with E-state index >= 15 is 0 Å². The van der Waals surface area contributed by atoms with Crippen LogP contribution in [-0.4, -0.2) is 44.7 Å². The minimum atomic E-state index is -0.442. The fraction of sp³-hybridized carbons (Fsp3) is 0.333. The van der Waals surface area contributed by atoms with Gasteiger partial charge in [0.15, 0.2) is 11.5 Å². The number of methoxy groups -OCH3 is 3. The van der Waals surface area contributed by atoms with Gasteiger partial charge in [0.05, 0.1) is 27.2 Å². The number of esters is 1. The summed E-state index contributed by atoms with van der Waals surface area (Å²) in [6.07, 6.45) is 0. The topological polar surface area (TPSA) is 65.1 Å². The molecule has 0 fully saturated rings. The number of benzene rings is 2. The van der Waals surface area contributed by atoms with E-state index in [9.17, 15) is 9.59 Å². The molecule has 0 aliphatic rings. The lowest BCUT2D eigenvalue weighted by Crippen LogP contribution is -2.36. The molecule has 144 valence electrons. The normalized spacial score (nSPS) is 11.4. The number of rotatable bonds is 8. The number of nitrogens with zero attached hydrogens (tertiary/aromatic N) is 1. The van der Waals surface area contributed by atoms with Crippen LogP contribution in [-0.2, 0) is 16.1 Å². The summed E-state index contributed by atoms with van der Waals surface area (Å²) < 4.78 is 15.3. The first-order valence-electron chi connectivity index (χ1n) is 8.63. The highest BCUT2D eigenvalue weighted by Gasteiger charge is 2.23. The maximum atomic E-state index is 13.1. The Balaban J connectivity index is 2.30. The minimum Gasteiger partial charge on any atom is -0.493 e. The van der Waals surface area contributed by atoms with Crippen molar-refractivity contribution in [1.29, 1.82) is 0 Å². The first-order chi connectivity index (χ1) is 13.0. The fourth-order valence-electron chi connectivity index (χ4n) is 2.78. The van der Waals surface area contributed by atoms with E-state index in [2.05, 4.69) is 0 Å². The molecule has 0 aliphatic carbocycles. The molecular weight excluding hydrogens is 346 g/mol. The third-order valence-electron chi connectivity index (χ3n) is 4.23. The van der Waals surface area contributed by atoms with Crippen molar-refractivity contribution in [1.82, 2.24) is 4.90 Å². The Kier molecular flexibility index (Phi) is 7.23. The lowest BCUT2D eigenvalue weighted by molar-refractivity contribution is -0.145. The third-order valence-corrected chi connectivity index (χ3v) is 4.23. The molecule has 0 spiro atoms. The summed E-state index contributed by atoms with van der Waals surface area (Å²) in [6, 6.07) is 14.6. The summed E-state index contributed by atoms with van der Waals surface area (Å²) in [7, 11) is 4.41.